The van der Waals surface area contributed by atoms with Crippen LogP contribution in [-0.2, 0) is 4.79 Å². The Morgan fingerprint density at radius 2 is 1.83 bits per heavy atom. The van der Waals surface area contributed by atoms with Gasteiger partial charge in [0.25, 0.3) is 0 Å². The second-order valence-corrected chi connectivity index (χ2v) is 6.46. The molecule has 5 nitrogen and oxygen atoms in total. The molecule has 2 aromatic carbocycles. The van der Waals surface area contributed by atoms with Crippen molar-refractivity contribution in [2.24, 2.45) is 0 Å². The first-order valence-electron chi connectivity index (χ1n) is 7.93. The number of carbonyl (C=O) groups excluding carboxylic acids is 2. The van der Waals surface area contributed by atoms with Crippen molar-refractivity contribution in [3.63, 3.8) is 0 Å². The van der Waals surface area contributed by atoms with Crippen LogP contribution in [0.2, 0.25) is 0 Å². The predicted octanol–water partition coefficient (Wildman–Crippen LogP) is 3.20. The zero-order valence-corrected chi connectivity index (χ0v) is 14.1. The molecule has 1 aliphatic heterocycles. The third kappa shape index (κ3) is 2.90. The van der Waals surface area contributed by atoms with Gasteiger partial charge < -0.3 is 10.1 Å². The number of ether oxygens (including phenoxy) is 1. The molecule has 0 saturated heterocycles. The molecule has 0 spiro atoms. The van der Waals surface area contributed by atoms with Crippen LogP contribution in [0.5, 0.6) is 5.75 Å². The Labute approximate surface area is 141 Å². The lowest BCUT2D eigenvalue weighted by Gasteiger charge is -2.27. The molecule has 1 atom stereocenters. The molecule has 0 aromatic heterocycles. The normalized spacial score (nSPS) is 17.3. The van der Waals surface area contributed by atoms with Crippen LogP contribution in [0.4, 0.5) is 11.4 Å². The van der Waals surface area contributed by atoms with Crippen molar-refractivity contribution in [2.45, 2.75) is 19.4 Å². The lowest BCUT2D eigenvalue weighted by atomic mass is 10.1. The van der Waals surface area contributed by atoms with E-state index in [1.807, 2.05) is 51.4 Å². The number of nitrogens with zero attached hydrogens (tertiary/aromatic N) is 1. The molecule has 3 rings (SSSR count). The fourth-order valence-electron chi connectivity index (χ4n) is 2.86. The summed E-state index contributed by atoms with van der Waals surface area (Å²) in [6.45, 7) is 1.83. The highest BCUT2D eigenvalue weighted by Crippen LogP contribution is 2.35. The van der Waals surface area contributed by atoms with Crippen LogP contribution in [0.25, 0.3) is 0 Å². The van der Waals surface area contributed by atoms with Gasteiger partial charge in [-0.25, -0.2) is 9.28 Å². The topological polar surface area (TPSA) is 55.4 Å². The third-order valence-corrected chi connectivity index (χ3v) is 4.22. The second kappa shape index (κ2) is 6.09. The van der Waals surface area contributed by atoms with Crippen molar-refractivity contribution < 1.29 is 14.3 Å². The average molecular weight is 325 g/mol. The van der Waals surface area contributed by atoms with Crippen molar-refractivity contribution in [1.29, 1.82) is 0 Å². The number of para-hydroxylation sites is 2. The van der Waals surface area contributed by atoms with Crippen LogP contribution >= 0.6 is 0 Å². The van der Waals surface area contributed by atoms with Gasteiger partial charge in [-0.2, -0.15) is 0 Å². The molecule has 2 amide bonds. The van der Waals surface area contributed by atoms with E-state index in [2.05, 4.69) is 5.32 Å². The van der Waals surface area contributed by atoms with Gasteiger partial charge in [0.2, 0.25) is 5.91 Å². The fraction of sp³-hybridized carbons (Fsp3) is 0.263. The molecule has 0 bridgehead atoms. The molecule has 0 aliphatic carbocycles. The minimum atomic E-state index is -0.285. The third-order valence-electron chi connectivity index (χ3n) is 4.22. The van der Waals surface area contributed by atoms with E-state index in [1.54, 1.807) is 18.2 Å². The molecule has 1 heterocycles. The maximum atomic E-state index is 13.2. The van der Waals surface area contributed by atoms with Crippen LogP contribution in [0.1, 0.15) is 23.7 Å². The van der Waals surface area contributed by atoms with Gasteiger partial charge in [-0.3, -0.25) is 4.79 Å². The van der Waals surface area contributed by atoms with E-state index in [-0.39, 0.29) is 28.8 Å². The number of amides is 2. The molecule has 24 heavy (non-hydrogen) atoms. The molecule has 124 valence electrons. The summed E-state index contributed by atoms with van der Waals surface area (Å²) in [5, 5.41) is 2.82. The van der Waals surface area contributed by atoms with Crippen molar-refractivity contribution in [1.82, 2.24) is 4.48 Å². The monoisotopic (exact) mass is 325 g/mol. The van der Waals surface area contributed by atoms with Gasteiger partial charge in [-0.05, 0) is 31.2 Å². The molecular formula is C19H21N2O3+. The minimum absolute atomic E-state index is 0.0585. The molecule has 0 radical (unpaired) electrons. The van der Waals surface area contributed by atoms with E-state index in [9.17, 15) is 9.59 Å². The summed E-state index contributed by atoms with van der Waals surface area (Å²) in [5.41, 5.74) is 1.89. The minimum Gasteiger partial charge on any atom is -0.487 e. The Morgan fingerprint density at radius 1 is 1.12 bits per heavy atom. The van der Waals surface area contributed by atoms with Gasteiger partial charge in [-0.1, -0.05) is 24.3 Å². The largest absolute Gasteiger partial charge is 0.487 e. The van der Waals surface area contributed by atoms with E-state index < -0.39 is 0 Å². The zero-order valence-electron chi connectivity index (χ0n) is 14.1. The maximum Gasteiger partial charge on any atom is 0.354 e. The summed E-state index contributed by atoms with van der Waals surface area (Å²) in [4.78, 5) is 25.1. The van der Waals surface area contributed by atoms with Crippen LogP contribution < -0.4 is 14.5 Å². The first-order chi connectivity index (χ1) is 11.4. The number of hydrogen-bond acceptors (Lipinski definition) is 3. The number of rotatable bonds is 2. The molecule has 0 saturated carbocycles. The highest BCUT2D eigenvalue weighted by atomic mass is 16.5. The number of hydrogen-bond donors (Lipinski definition) is 1. The molecule has 2 aromatic rings. The van der Waals surface area contributed by atoms with E-state index in [4.69, 9.17) is 4.74 Å². The molecule has 1 aliphatic rings. The van der Waals surface area contributed by atoms with E-state index in [0.29, 0.717) is 17.0 Å². The van der Waals surface area contributed by atoms with Crippen molar-refractivity contribution in [3.8, 4) is 5.75 Å². The molecule has 0 fully saturated rings. The first kappa shape index (κ1) is 16.2. The van der Waals surface area contributed by atoms with E-state index in [0.717, 1.165) is 5.69 Å². The Bertz CT molecular complexity index is 784. The Morgan fingerprint density at radius 3 is 2.54 bits per heavy atom. The highest BCUT2D eigenvalue weighted by Gasteiger charge is 2.35. The van der Waals surface area contributed by atoms with E-state index in [1.165, 1.54) is 0 Å². The number of fused-ring (bicyclic) bond motifs is 1. The van der Waals surface area contributed by atoms with Gasteiger partial charge in [-0.15, -0.1) is 0 Å². The molecule has 0 unspecified atom stereocenters. The number of anilines is 1. The zero-order chi connectivity index (χ0) is 17.3. The lowest BCUT2D eigenvalue weighted by Crippen LogP contribution is -2.46. The van der Waals surface area contributed by atoms with E-state index >= 15 is 0 Å². The van der Waals surface area contributed by atoms with Crippen LogP contribution in [0, 0.1) is 0 Å². The maximum absolute atomic E-state index is 13.2. The fourth-order valence-corrected chi connectivity index (χ4v) is 2.86. The van der Waals surface area contributed by atoms with Crippen LogP contribution in [0.15, 0.2) is 48.5 Å². The quantitative estimate of drug-likeness (QED) is 0.863. The second-order valence-electron chi connectivity index (χ2n) is 6.46. The van der Waals surface area contributed by atoms with Gasteiger partial charge in [0.1, 0.15) is 17.4 Å². The smallest absolute Gasteiger partial charge is 0.354 e. The number of carbonyl (C=O) groups is 2. The summed E-state index contributed by atoms with van der Waals surface area (Å²) in [5.74, 6) is 0.243. The Kier molecular flexibility index (Phi) is 4.11. The molecule has 5 heteroatoms. The Balaban J connectivity index is 2.06. The highest BCUT2D eigenvalue weighted by molar-refractivity contribution is 6.06. The predicted molar refractivity (Wildman–Crippen MR) is 94.2 cm³/mol. The molecule has 1 N–H and O–H groups in total. The SMILES string of the molecule is C[C@@H]1CC(=O)Nc2cccc(C(=O)[N+](C)(C)c3ccccc3)c2O1. The summed E-state index contributed by atoms with van der Waals surface area (Å²) in [6, 6.07) is 14.8. The van der Waals surface area contributed by atoms with Gasteiger partial charge >= 0.3 is 5.91 Å². The summed E-state index contributed by atoms with van der Waals surface area (Å²) >= 11 is 0. The first-order valence-corrected chi connectivity index (χ1v) is 7.93. The number of nitrogens with one attached hydrogen (secondary N) is 1. The van der Waals surface area contributed by atoms with Gasteiger partial charge in [0.05, 0.1) is 26.2 Å². The van der Waals surface area contributed by atoms with Crippen LogP contribution in [0.3, 0.4) is 0 Å². The molecular weight excluding hydrogens is 304 g/mol. The summed E-state index contributed by atoms with van der Waals surface area (Å²) in [7, 11) is 3.69. The number of benzene rings is 2. The van der Waals surface area contributed by atoms with Crippen molar-refractivity contribution >= 4 is 23.2 Å². The van der Waals surface area contributed by atoms with Crippen LogP contribution in [-0.4, -0.2) is 32.0 Å². The Hall–Kier alpha value is -2.66. The standard InChI is InChI=1S/C19H20N2O3/c1-13-12-17(22)20-16-11-7-10-15(18(16)24-13)19(23)21(2,3)14-8-5-4-6-9-14/h4-11,13H,12H2,1-3H3/p+1/t13-/m1/s1. The van der Waals surface area contributed by atoms with Gasteiger partial charge in [0, 0.05) is 0 Å². The average Bonchev–Trinajstić information content (AvgIpc) is 2.71. The lowest BCUT2D eigenvalue weighted by molar-refractivity contribution is -0.117. The van der Waals surface area contributed by atoms with Gasteiger partial charge in [0.15, 0.2) is 5.75 Å². The van der Waals surface area contributed by atoms with Crippen molar-refractivity contribution in [2.75, 3.05) is 19.4 Å². The number of quaternary nitrogens is 1. The summed E-state index contributed by atoms with van der Waals surface area (Å²) in [6.07, 6.45) is -0.0215. The summed E-state index contributed by atoms with van der Waals surface area (Å²) < 4.78 is 5.95. The van der Waals surface area contributed by atoms with Crippen molar-refractivity contribution in [3.05, 3.63) is 54.1 Å².